The highest BCUT2D eigenvalue weighted by molar-refractivity contribution is 7.90. The van der Waals surface area contributed by atoms with E-state index in [0.717, 1.165) is 0 Å². The molecule has 0 unspecified atom stereocenters. The van der Waals surface area contributed by atoms with Crippen LogP contribution in [0.5, 0.6) is 5.88 Å². The lowest BCUT2D eigenvalue weighted by molar-refractivity contribution is 0.0304. The van der Waals surface area contributed by atoms with E-state index in [2.05, 4.69) is 10.1 Å². The molecular weight excluding hydrogens is 466 g/mol. The summed E-state index contributed by atoms with van der Waals surface area (Å²) in [6.07, 6.45) is -0.136. The van der Waals surface area contributed by atoms with Gasteiger partial charge in [-0.25, -0.2) is 31.6 Å². The number of nitrogens with zero attached hydrogens (tertiary/aromatic N) is 3. The van der Waals surface area contributed by atoms with Gasteiger partial charge in [-0.05, 0) is 37.1 Å². The minimum atomic E-state index is -4.08. The van der Waals surface area contributed by atoms with Crippen molar-refractivity contribution in [1.29, 1.82) is 0 Å². The molecule has 2 heterocycles. The Labute approximate surface area is 187 Å². The maximum Gasteiger partial charge on any atom is 0.268 e. The first-order valence-corrected chi connectivity index (χ1v) is 11.3. The number of aromatic nitrogens is 3. The van der Waals surface area contributed by atoms with E-state index in [0.29, 0.717) is 12.8 Å². The third kappa shape index (κ3) is 4.58. The Bertz CT molecular complexity index is 1250. The summed E-state index contributed by atoms with van der Waals surface area (Å²) in [5, 5.41) is 3.88. The molecular formula is C20H17ClF2N4O4S. The summed E-state index contributed by atoms with van der Waals surface area (Å²) < 4.78 is 59.3. The molecule has 0 atom stereocenters. The van der Waals surface area contributed by atoms with Crippen LogP contribution in [0.3, 0.4) is 0 Å². The predicted molar refractivity (Wildman–Crippen MR) is 111 cm³/mol. The maximum atomic E-state index is 13.0. The zero-order valence-electron chi connectivity index (χ0n) is 16.4. The van der Waals surface area contributed by atoms with Crippen molar-refractivity contribution in [2.24, 2.45) is 5.41 Å². The Kier molecular flexibility index (Phi) is 5.87. The lowest BCUT2D eigenvalue weighted by Crippen LogP contribution is -2.31. The van der Waals surface area contributed by atoms with E-state index in [1.165, 1.54) is 53.3 Å². The van der Waals surface area contributed by atoms with Crippen LogP contribution in [0, 0.1) is 5.41 Å². The molecule has 168 valence electrons. The number of ether oxygens (including phenoxy) is 1. The third-order valence-electron chi connectivity index (χ3n) is 5.02. The zero-order chi connectivity index (χ0) is 22.9. The van der Waals surface area contributed by atoms with Crippen LogP contribution in [0.4, 0.5) is 8.78 Å². The van der Waals surface area contributed by atoms with E-state index in [9.17, 15) is 22.0 Å². The molecule has 0 bridgehead atoms. The molecule has 12 heteroatoms. The van der Waals surface area contributed by atoms with Crippen LogP contribution in [0.25, 0.3) is 5.82 Å². The highest BCUT2D eigenvalue weighted by atomic mass is 35.5. The molecule has 1 saturated carbocycles. The van der Waals surface area contributed by atoms with Gasteiger partial charge in [0.1, 0.15) is 11.8 Å². The van der Waals surface area contributed by atoms with E-state index in [1.54, 1.807) is 6.07 Å². The van der Waals surface area contributed by atoms with Crippen LogP contribution in [0.2, 0.25) is 5.15 Å². The first-order valence-electron chi connectivity index (χ1n) is 9.46. The standard InChI is InChI=1S/C20H17ClF2N4O4S/c21-17-14(18(28)26-32(29,30)13-4-2-1-3-5-13)6-7-15(24-17)27-11-8-16(25-27)31-12-20(9-10-20)19(22)23/h1-8,11,19H,9-10,12H2,(H,26,28). The molecule has 0 radical (unpaired) electrons. The molecule has 4 rings (SSSR count). The molecule has 1 aliphatic rings. The number of sulfonamides is 1. The summed E-state index contributed by atoms with van der Waals surface area (Å²) in [7, 11) is -4.08. The van der Waals surface area contributed by atoms with Gasteiger partial charge in [-0.2, -0.15) is 0 Å². The number of carbonyl (C=O) groups is 1. The van der Waals surface area contributed by atoms with Gasteiger partial charge >= 0.3 is 0 Å². The van der Waals surface area contributed by atoms with Gasteiger partial charge in [-0.3, -0.25) is 4.79 Å². The number of hydrogen-bond acceptors (Lipinski definition) is 6. The Hall–Kier alpha value is -3.05. The lowest BCUT2D eigenvalue weighted by Gasteiger charge is -2.13. The van der Waals surface area contributed by atoms with Gasteiger partial charge in [0.25, 0.3) is 15.9 Å². The van der Waals surface area contributed by atoms with Crippen LogP contribution in [-0.4, -0.2) is 42.1 Å². The molecule has 1 amide bonds. The number of rotatable bonds is 8. The topological polar surface area (TPSA) is 103 Å². The summed E-state index contributed by atoms with van der Waals surface area (Å²) >= 11 is 6.10. The molecule has 3 aromatic rings. The highest BCUT2D eigenvalue weighted by Gasteiger charge is 2.52. The number of nitrogens with one attached hydrogen (secondary N) is 1. The van der Waals surface area contributed by atoms with Crippen molar-refractivity contribution in [2.45, 2.75) is 24.2 Å². The second kappa shape index (κ2) is 8.47. The van der Waals surface area contributed by atoms with Crippen molar-refractivity contribution in [2.75, 3.05) is 6.61 Å². The fraction of sp³-hybridized carbons (Fsp3) is 0.250. The maximum absolute atomic E-state index is 13.0. The van der Waals surface area contributed by atoms with Crippen LogP contribution < -0.4 is 9.46 Å². The van der Waals surface area contributed by atoms with Gasteiger partial charge < -0.3 is 4.74 Å². The molecule has 8 nitrogen and oxygen atoms in total. The molecule has 32 heavy (non-hydrogen) atoms. The van der Waals surface area contributed by atoms with Crippen molar-refractivity contribution >= 4 is 27.5 Å². The van der Waals surface area contributed by atoms with Gasteiger partial charge in [0.05, 0.1) is 15.9 Å². The zero-order valence-corrected chi connectivity index (χ0v) is 18.0. The van der Waals surface area contributed by atoms with Crippen LogP contribution in [0.15, 0.2) is 59.6 Å². The van der Waals surface area contributed by atoms with Crippen molar-refractivity contribution in [3.63, 3.8) is 0 Å². The summed E-state index contributed by atoms with van der Waals surface area (Å²) in [6, 6.07) is 11.6. The number of hydrogen-bond donors (Lipinski definition) is 1. The molecule has 0 saturated heterocycles. The van der Waals surface area contributed by atoms with Crippen molar-refractivity contribution in [1.82, 2.24) is 19.5 Å². The van der Waals surface area contributed by atoms with Gasteiger partial charge in [0.15, 0.2) is 5.82 Å². The van der Waals surface area contributed by atoms with E-state index >= 15 is 0 Å². The molecule has 2 aromatic heterocycles. The number of halogens is 3. The quantitative estimate of drug-likeness (QED) is 0.493. The first-order chi connectivity index (χ1) is 15.2. The van der Waals surface area contributed by atoms with Crippen LogP contribution in [0.1, 0.15) is 23.2 Å². The van der Waals surface area contributed by atoms with E-state index in [-0.39, 0.29) is 33.9 Å². The molecule has 1 fully saturated rings. The van der Waals surface area contributed by atoms with Crippen molar-refractivity contribution in [3.05, 3.63) is 65.4 Å². The normalized spacial score (nSPS) is 14.9. The third-order valence-corrected chi connectivity index (χ3v) is 6.66. The first kappa shape index (κ1) is 22.2. The smallest absolute Gasteiger partial charge is 0.268 e. The number of benzene rings is 1. The Morgan fingerprint density at radius 3 is 2.53 bits per heavy atom. The monoisotopic (exact) mass is 482 g/mol. The Morgan fingerprint density at radius 2 is 1.91 bits per heavy atom. The van der Waals surface area contributed by atoms with Crippen LogP contribution >= 0.6 is 11.6 Å². The highest BCUT2D eigenvalue weighted by Crippen LogP contribution is 2.50. The summed E-state index contributed by atoms with van der Waals surface area (Å²) in [5.74, 6) is -0.572. The summed E-state index contributed by atoms with van der Waals surface area (Å²) in [4.78, 5) is 16.4. The number of amides is 1. The minimum Gasteiger partial charge on any atom is -0.476 e. The van der Waals surface area contributed by atoms with Gasteiger partial charge in [-0.1, -0.05) is 29.8 Å². The van der Waals surface area contributed by atoms with Crippen LogP contribution in [-0.2, 0) is 10.0 Å². The SMILES string of the molecule is O=C(NS(=O)(=O)c1ccccc1)c1ccc(-n2ccc(OCC3(C(F)F)CC3)n2)nc1Cl. The second-order valence-electron chi connectivity index (χ2n) is 7.31. The average Bonchev–Trinajstić information content (AvgIpc) is 3.42. The lowest BCUT2D eigenvalue weighted by atomic mass is 10.1. The van der Waals surface area contributed by atoms with E-state index in [1.807, 2.05) is 4.72 Å². The number of alkyl halides is 2. The van der Waals surface area contributed by atoms with E-state index < -0.39 is 27.8 Å². The average molecular weight is 483 g/mol. The molecule has 0 aliphatic heterocycles. The number of carbonyl (C=O) groups excluding carboxylic acids is 1. The minimum absolute atomic E-state index is 0.0714. The fourth-order valence-electron chi connectivity index (χ4n) is 2.87. The molecule has 1 N–H and O–H groups in total. The van der Waals surface area contributed by atoms with Crippen molar-refractivity contribution < 1.29 is 26.7 Å². The van der Waals surface area contributed by atoms with E-state index in [4.69, 9.17) is 16.3 Å². The molecule has 1 aromatic carbocycles. The fourth-order valence-corrected chi connectivity index (χ4v) is 4.10. The molecule has 0 spiro atoms. The summed E-state index contributed by atoms with van der Waals surface area (Å²) in [5.41, 5.74) is -1.24. The van der Waals surface area contributed by atoms with Gasteiger partial charge in [0, 0.05) is 12.3 Å². The summed E-state index contributed by atoms with van der Waals surface area (Å²) in [6.45, 7) is -0.134. The van der Waals surface area contributed by atoms with Crippen molar-refractivity contribution in [3.8, 4) is 11.7 Å². The Balaban J connectivity index is 1.45. The largest absolute Gasteiger partial charge is 0.476 e. The predicted octanol–water partition coefficient (Wildman–Crippen LogP) is 3.46. The molecule has 1 aliphatic carbocycles. The van der Waals surface area contributed by atoms with Gasteiger partial charge in [0.2, 0.25) is 12.3 Å². The Morgan fingerprint density at radius 1 is 1.19 bits per heavy atom. The van der Waals surface area contributed by atoms with Gasteiger partial charge in [-0.15, -0.1) is 5.10 Å². The second-order valence-corrected chi connectivity index (χ2v) is 9.35. The number of pyridine rings is 1.